The maximum atomic E-state index is 13.1. The molecule has 0 spiro atoms. The van der Waals surface area contributed by atoms with E-state index < -0.39 is 0 Å². The maximum absolute atomic E-state index is 13.1. The van der Waals surface area contributed by atoms with Crippen LogP contribution in [0, 0.1) is 0 Å². The Labute approximate surface area is 163 Å². The molecule has 0 atom stereocenters. The van der Waals surface area contributed by atoms with Crippen molar-refractivity contribution in [1.29, 1.82) is 0 Å². The number of hydrogen-bond acceptors (Lipinski definition) is 5. The van der Waals surface area contributed by atoms with Crippen LogP contribution in [-0.4, -0.2) is 47.2 Å². The molecule has 0 aliphatic carbocycles. The zero-order chi connectivity index (χ0) is 18.6. The van der Waals surface area contributed by atoms with Crippen LogP contribution in [0.25, 0.3) is 11.1 Å². The first-order valence-electron chi connectivity index (χ1n) is 9.17. The minimum atomic E-state index is 0.143. The van der Waals surface area contributed by atoms with Crippen molar-refractivity contribution in [2.24, 2.45) is 0 Å². The van der Waals surface area contributed by atoms with Crippen LogP contribution in [0.4, 0.5) is 5.82 Å². The zero-order valence-electron chi connectivity index (χ0n) is 15.3. The average molecular weight is 379 g/mol. The summed E-state index contributed by atoms with van der Waals surface area (Å²) >= 11 is 1.53. The number of rotatable bonds is 4. The highest BCUT2D eigenvalue weighted by atomic mass is 32.1. The van der Waals surface area contributed by atoms with Crippen LogP contribution in [-0.2, 0) is 0 Å². The third-order valence-corrected chi connectivity index (χ3v) is 6.07. The number of nitrogens with zero attached hydrogens (tertiary/aromatic N) is 4. The summed E-state index contributed by atoms with van der Waals surface area (Å²) in [7, 11) is 2.05. The molecular formula is C21H22N4OS. The Morgan fingerprint density at radius 3 is 2.59 bits per heavy atom. The summed E-state index contributed by atoms with van der Waals surface area (Å²) < 4.78 is 0. The van der Waals surface area contributed by atoms with Crippen molar-refractivity contribution < 1.29 is 4.79 Å². The van der Waals surface area contributed by atoms with E-state index in [4.69, 9.17) is 0 Å². The number of hydrogen-bond donors (Lipinski definition) is 0. The van der Waals surface area contributed by atoms with Crippen molar-refractivity contribution in [3.05, 3.63) is 65.0 Å². The van der Waals surface area contributed by atoms with Crippen LogP contribution in [0.2, 0.25) is 0 Å². The maximum Gasteiger partial charge on any atom is 0.264 e. The second kappa shape index (κ2) is 7.88. The predicted octanol–water partition coefficient (Wildman–Crippen LogP) is 3.95. The molecule has 3 heterocycles. The molecule has 0 N–H and O–H groups in total. The lowest BCUT2D eigenvalue weighted by molar-refractivity contribution is 0.0719. The molecule has 3 aromatic rings. The van der Waals surface area contributed by atoms with Crippen LogP contribution in [0.15, 0.2) is 60.1 Å². The third-order valence-electron chi connectivity index (χ3n) is 5.16. The molecule has 1 aliphatic heterocycles. The van der Waals surface area contributed by atoms with Crippen LogP contribution >= 0.6 is 11.3 Å². The summed E-state index contributed by atoms with van der Waals surface area (Å²) in [6, 6.07) is 16.4. The highest BCUT2D eigenvalue weighted by molar-refractivity contribution is 7.12. The Balaban J connectivity index is 1.43. The van der Waals surface area contributed by atoms with Gasteiger partial charge in [0.15, 0.2) is 5.82 Å². The predicted molar refractivity (Wildman–Crippen MR) is 109 cm³/mol. The van der Waals surface area contributed by atoms with Crippen LogP contribution < -0.4 is 4.90 Å². The van der Waals surface area contributed by atoms with E-state index in [1.807, 2.05) is 46.7 Å². The van der Waals surface area contributed by atoms with Crippen LogP contribution in [0.1, 0.15) is 22.5 Å². The first kappa shape index (κ1) is 17.7. The molecule has 0 bridgehead atoms. The van der Waals surface area contributed by atoms with Crippen molar-refractivity contribution in [3.63, 3.8) is 0 Å². The summed E-state index contributed by atoms with van der Waals surface area (Å²) in [6.45, 7) is 1.53. The van der Waals surface area contributed by atoms with Gasteiger partial charge < -0.3 is 9.80 Å². The van der Waals surface area contributed by atoms with Gasteiger partial charge in [-0.1, -0.05) is 30.3 Å². The molecule has 1 saturated heterocycles. The smallest absolute Gasteiger partial charge is 0.264 e. The van der Waals surface area contributed by atoms with Gasteiger partial charge in [-0.25, -0.2) is 0 Å². The summed E-state index contributed by atoms with van der Waals surface area (Å²) in [5.41, 5.74) is 2.13. The van der Waals surface area contributed by atoms with Crippen molar-refractivity contribution >= 4 is 23.1 Å². The molecule has 1 aromatic carbocycles. The number of piperidine rings is 1. The Kier molecular flexibility index (Phi) is 5.16. The first-order chi connectivity index (χ1) is 13.2. The highest BCUT2D eigenvalue weighted by Gasteiger charge is 2.28. The molecule has 0 radical (unpaired) electrons. The Hall–Kier alpha value is -2.73. The molecule has 5 nitrogen and oxygen atoms in total. The minimum absolute atomic E-state index is 0.143. The Morgan fingerprint density at radius 1 is 1.11 bits per heavy atom. The fraction of sp³-hybridized carbons (Fsp3) is 0.286. The summed E-state index contributed by atoms with van der Waals surface area (Å²) in [4.78, 5) is 18.1. The molecule has 6 heteroatoms. The van der Waals surface area contributed by atoms with E-state index in [-0.39, 0.29) is 5.91 Å². The normalized spacial score (nSPS) is 14.9. The zero-order valence-corrected chi connectivity index (χ0v) is 16.1. The lowest BCUT2D eigenvalue weighted by atomic mass is 10.0. The summed E-state index contributed by atoms with van der Waals surface area (Å²) in [5.74, 6) is 1.02. The van der Waals surface area contributed by atoms with Crippen molar-refractivity contribution in [2.45, 2.75) is 18.9 Å². The van der Waals surface area contributed by atoms with Crippen molar-refractivity contribution in [3.8, 4) is 11.1 Å². The largest absolute Gasteiger partial charge is 0.355 e. The molecule has 1 fully saturated rings. The van der Waals surface area contributed by atoms with E-state index in [0.29, 0.717) is 6.04 Å². The fourth-order valence-corrected chi connectivity index (χ4v) is 4.47. The highest BCUT2D eigenvalue weighted by Crippen LogP contribution is 2.30. The number of anilines is 1. The number of aromatic nitrogens is 2. The van der Waals surface area contributed by atoms with Crippen molar-refractivity contribution in [1.82, 2.24) is 15.1 Å². The van der Waals surface area contributed by atoms with Gasteiger partial charge in [0.2, 0.25) is 0 Å². The van der Waals surface area contributed by atoms with Crippen LogP contribution in [0.3, 0.4) is 0 Å². The molecule has 0 saturated carbocycles. The van der Waals surface area contributed by atoms with E-state index in [1.54, 1.807) is 6.20 Å². The minimum Gasteiger partial charge on any atom is -0.355 e. The number of carbonyl (C=O) groups is 1. The Bertz CT molecular complexity index is 889. The lowest BCUT2D eigenvalue weighted by Crippen LogP contribution is -2.45. The van der Waals surface area contributed by atoms with Gasteiger partial charge >= 0.3 is 0 Å². The molecule has 0 unspecified atom stereocenters. The molecule has 27 heavy (non-hydrogen) atoms. The molecule has 138 valence electrons. The second-order valence-electron chi connectivity index (χ2n) is 6.75. The number of amides is 1. The van der Waals surface area contributed by atoms with E-state index in [2.05, 4.69) is 34.3 Å². The van der Waals surface area contributed by atoms with Gasteiger partial charge in [-0.05, 0) is 42.0 Å². The molecule has 4 rings (SSSR count). The van der Waals surface area contributed by atoms with Crippen molar-refractivity contribution in [2.75, 3.05) is 25.0 Å². The molecule has 1 aliphatic rings. The topological polar surface area (TPSA) is 49.3 Å². The Morgan fingerprint density at radius 2 is 1.89 bits per heavy atom. The van der Waals surface area contributed by atoms with Gasteiger partial charge in [0.25, 0.3) is 5.91 Å². The third kappa shape index (κ3) is 3.71. The van der Waals surface area contributed by atoms with E-state index >= 15 is 0 Å². The first-order valence-corrected chi connectivity index (χ1v) is 10.0. The molecular weight excluding hydrogens is 356 g/mol. The van der Waals surface area contributed by atoms with Gasteiger partial charge in [-0.15, -0.1) is 16.4 Å². The van der Waals surface area contributed by atoms with Gasteiger partial charge in [0.1, 0.15) is 0 Å². The van der Waals surface area contributed by atoms with Crippen LogP contribution in [0.5, 0.6) is 0 Å². The van der Waals surface area contributed by atoms with Gasteiger partial charge in [-0.3, -0.25) is 4.79 Å². The van der Waals surface area contributed by atoms with Gasteiger partial charge in [-0.2, -0.15) is 5.10 Å². The number of likely N-dealkylation sites (tertiary alicyclic amines) is 1. The SMILES string of the molecule is CN(c1cccnn1)C1CCN(C(=O)c2sccc2-c2ccccc2)CC1. The fourth-order valence-electron chi connectivity index (χ4n) is 3.59. The van der Waals surface area contributed by atoms with Gasteiger partial charge in [0.05, 0.1) is 4.88 Å². The van der Waals surface area contributed by atoms with E-state index in [0.717, 1.165) is 47.8 Å². The van der Waals surface area contributed by atoms with E-state index in [9.17, 15) is 4.79 Å². The standard InChI is InChI=1S/C21H22N4OS/c1-24(19-8-5-12-22-23-19)17-9-13-25(14-10-17)21(26)20-18(11-15-27-20)16-6-3-2-4-7-16/h2-8,11-12,15,17H,9-10,13-14H2,1H3. The summed E-state index contributed by atoms with van der Waals surface area (Å²) in [6.07, 6.45) is 3.56. The monoisotopic (exact) mass is 378 g/mol. The lowest BCUT2D eigenvalue weighted by Gasteiger charge is -2.37. The number of carbonyl (C=O) groups excluding carboxylic acids is 1. The number of benzene rings is 1. The quantitative estimate of drug-likeness (QED) is 0.690. The summed E-state index contributed by atoms with van der Waals surface area (Å²) in [5, 5.41) is 10.2. The van der Waals surface area contributed by atoms with E-state index in [1.165, 1.54) is 11.3 Å². The molecule has 2 aromatic heterocycles. The van der Waals surface area contributed by atoms with Gasteiger partial charge in [0, 0.05) is 37.9 Å². The number of thiophene rings is 1. The second-order valence-corrected chi connectivity index (χ2v) is 7.66. The molecule has 1 amide bonds. The average Bonchev–Trinajstić information content (AvgIpc) is 3.24.